The quantitative estimate of drug-likeness (QED) is 0.402. The summed E-state index contributed by atoms with van der Waals surface area (Å²) in [7, 11) is 0. The highest BCUT2D eigenvalue weighted by Gasteiger charge is 2.01. The lowest BCUT2D eigenvalue weighted by Gasteiger charge is -1.96. The van der Waals surface area contributed by atoms with E-state index in [0.717, 1.165) is 0 Å². The molecule has 58 valence electrons. The molecule has 0 unspecified atom stereocenters. The zero-order valence-electron chi connectivity index (χ0n) is 5.74. The molecule has 0 aromatic carbocycles. The Labute approximate surface area is 73.2 Å². The van der Waals surface area contributed by atoms with Crippen LogP contribution in [-0.2, 0) is 0 Å². The molecule has 0 atom stereocenters. The Kier molecular flexibility index (Phi) is 2.84. The van der Waals surface area contributed by atoms with Crippen LogP contribution < -0.4 is 0 Å². The molecule has 0 saturated carbocycles. The van der Waals surface area contributed by atoms with Crippen LogP contribution in [0.25, 0.3) is 0 Å². The van der Waals surface area contributed by atoms with Gasteiger partial charge >= 0.3 is 0 Å². The smallest absolute Gasteiger partial charge is 0.187 e. The van der Waals surface area contributed by atoms with Crippen molar-refractivity contribution in [3.63, 3.8) is 0 Å². The summed E-state index contributed by atoms with van der Waals surface area (Å²) >= 11 is 6.96. The predicted molar refractivity (Wildman–Crippen MR) is 44.2 cm³/mol. The maximum atomic E-state index is 10.3. The molecule has 0 aliphatic heterocycles. The van der Waals surface area contributed by atoms with Gasteiger partial charge in [0.25, 0.3) is 0 Å². The molecule has 0 N–H and O–H groups in total. The zero-order valence-corrected chi connectivity index (χ0v) is 7.32. The van der Waals surface area contributed by atoms with Gasteiger partial charge in [-0.3, -0.25) is 4.79 Å². The third kappa shape index (κ3) is 1.91. The number of aldehydes is 1. The number of thioether (sulfide) groups is 1. The second-order valence-electron chi connectivity index (χ2n) is 1.71. The monoisotopic (exact) mass is 188 g/mol. The predicted octanol–water partition coefficient (Wildman–Crippen LogP) is 1.66. The first-order valence-corrected chi connectivity index (χ1v) is 4.40. The Balaban J connectivity index is 3.12. The Hall–Kier alpha value is -0.610. The fraction of sp³-hybridized carbons (Fsp3) is 0.167. The maximum Gasteiger partial charge on any atom is 0.187 e. The minimum atomic E-state index is 0.242. The summed E-state index contributed by atoms with van der Waals surface area (Å²) in [5.74, 6) is 0. The van der Waals surface area contributed by atoms with Crippen LogP contribution in [-0.4, -0.2) is 22.5 Å². The van der Waals surface area contributed by atoms with E-state index in [2.05, 4.69) is 9.97 Å². The number of carbonyl (C=O) groups is 1. The van der Waals surface area contributed by atoms with Gasteiger partial charge in [-0.1, -0.05) is 23.4 Å². The van der Waals surface area contributed by atoms with E-state index < -0.39 is 0 Å². The van der Waals surface area contributed by atoms with Crippen molar-refractivity contribution in [2.75, 3.05) is 6.26 Å². The number of carbonyl (C=O) groups excluding carboxylic acids is 1. The van der Waals surface area contributed by atoms with E-state index in [1.807, 2.05) is 6.26 Å². The van der Waals surface area contributed by atoms with Crippen molar-refractivity contribution < 1.29 is 4.79 Å². The first kappa shape index (κ1) is 8.49. The largest absolute Gasteiger partial charge is 0.296 e. The van der Waals surface area contributed by atoms with E-state index in [4.69, 9.17) is 11.6 Å². The molecule has 1 aromatic heterocycles. The topological polar surface area (TPSA) is 42.9 Å². The third-order valence-electron chi connectivity index (χ3n) is 1.04. The third-order valence-corrected chi connectivity index (χ3v) is 1.90. The van der Waals surface area contributed by atoms with Gasteiger partial charge in [0.15, 0.2) is 11.4 Å². The van der Waals surface area contributed by atoms with Crippen LogP contribution in [0.3, 0.4) is 0 Å². The molecule has 0 aliphatic carbocycles. The average Bonchev–Trinajstić information content (AvgIpc) is 2.05. The van der Waals surface area contributed by atoms with Gasteiger partial charge in [-0.15, -0.1) is 0 Å². The van der Waals surface area contributed by atoms with E-state index >= 15 is 0 Å². The van der Waals surface area contributed by atoms with Gasteiger partial charge < -0.3 is 0 Å². The standard InChI is InChI=1S/C6H5ClN2OS/c1-11-6-8-2-4(7)5(3-10)9-6/h2-3H,1H3. The van der Waals surface area contributed by atoms with Crippen molar-refractivity contribution in [3.8, 4) is 0 Å². The van der Waals surface area contributed by atoms with Crippen LogP contribution in [0.15, 0.2) is 11.4 Å². The highest BCUT2D eigenvalue weighted by molar-refractivity contribution is 7.98. The molecule has 0 radical (unpaired) electrons. The van der Waals surface area contributed by atoms with E-state index in [0.29, 0.717) is 11.4 Å². The summed E-state index contributed by atoms with van der Waals surface area (Å²) in [6, 6.07) is 0. The highest BCUT2D eigenvalue weighted by atomic mass is 35.5. The molecule has 0 fully saturated rings. The molecule has 0 aliphatic rings. The maximum absolute atomic E-state index is 10.3. The molecule has 5 heteroatoms. The normalized spacial score (nSPS) is 9.64. The van der Waals surface area contributed by atoms with Crippen molar-refractivity contribution in [3.05, 3.63) is 16.9 Å². The van der Waals surface area contributed by atoms with Crippen molar-refractivity contribution in [2.24, 2.45) is 0 Å². The fourth-order valence-corrected chi connectivity index (χ4v) is 1.03. The first-order chi connectivity index (χ1) is 5.27. The van der Waals surface area contributed by atoms with Crippen molar-refractivity contribution in [1.29, 1.82) is 0 Å². The van der Waals surface area contributed by atoms with Crippen LogP contribution in [0, 0.1) is 0 Å². The van der Waals surface area contributed by atoms with Gasteiger partial charge in [-0.2, -0.15) is 0 Å². The number of hydrogen-bond donors (Lipinski definition) is 0. The molecule has 3 nitrogen and oxygen atoms in total. The summed E-state index contributed by atoms with van der Waals surface area (Å²) in [5.41, 5.74) is 0.242. The van der Waals surface area contributed by atoms with Gasteiger partial charge in [0.2, 0.25) is 0 Å². The molecular formula is C6H5ClN2OS. The Bertz CT molecular complexity index is 279. The summed E-state index contributed by atoms with van der Waals surface area (Å²) < 4.78 is 0. The number of hydrogen-bond acceptors (Lipinski definition) is 4. The average molecular weight is 189 g/mol. The second-order valence-corrected chi connectivity index (χ2v) is 2.89. The molecular weight excluding hydrogens is 184 g/mol. The number of halogens is 1. The highest BCUT2D eigenvalue weighted by Crippen LogP contribution is 2.14. The fourth-order valence-electron chi connectivity index (χ4n) is 0.544. The van der Waals surface area contributed by atoms with Crippen molar-refractivity contribution in [1.82, 2.24) is 9.97 Å². The van der Waals surface area contributed by atoms with E-state index in [1.54, 1.807) is 0 Å². The molecule has 11 heavy (non-hydrogen) atoms. The van der Waals surface area contributed by atoms with Gasteiger partial charge in [0, 0.05) is 0 Å². The summed E-state index contributed by atoms with van der Waals surface area (Å²) in [6.45, 7) is 0. The van der Waals surface area contributed by atoms with Crippen LogP contribution in [0.2, 0.25) is 5.02 Å². The second kappa shape index (κ2) is 3.69. The zero-order chi connectivity index (χ0) is 8.27. The Morgan fingerprint density at radius 1 is 1.73 bits per heavy atom. The molecule has 1 aromatic rings. The van der Waals surface area contributed by atoms with Crippen molar-refractivity contribution in [2.45, 2.75) is 5.16 Å². The first-order valence-electron chi connectivity index (χ1n) is 2.79. The van der Waals surface area contributed by atoms with Crippen LogP contribution >= 0.6 is 23.4 Å². The lowest BCUT2D eigenvalue weighted by Crippen LogP contribution is -1.92. The molecule has 1 heterocycles. The van der Waals surface area contributed by atoms with Gasteiger partial charge in [0.05, 0.1) is 11.2 Å². The van der Waals surface area contributed by atoms with Crippen molar-refractivity contribution >= 4 is 29.6 Å². The lowest BCUT2D eigenvalue weighted by molar-refractivity contribution is 0.111. The van der Waals surface area contributed by atoms with Gasteiger partial charge in [0.1, 0.15) is 5.69 Å². The number of aromatic nitrogens is 2. The summed E-state index contributed by atoms with van der Waals surface area (Å²) in [6.07, 6.45) is 3.87. The SMILES string of the molecule is CSc1ncc(Cl)c(C=O)n1. The van der Waals surface area contributed by atoms with E-state index in [9.17, 15) is 4.79 Å². The van der Waals surface area contributed by atoms with Gasteiger partial charge in [-0.05, 0) is 6.26 Å². The van der Waals surface area contributed by atoms with Gasteiger partial charge in [-0.25, -0.2) is 9.97 Å². The summed E-state index contributed by atoms with van der Waals surface area (Å²) in [5, 5.41) is 0.842. The minimum absolute atomic E-state index is 0.242. The molecule has 1 rings (SSSR count). The number of rotatable bonds is 2. The number of nitrogens with zero attached hydrogens (tertiary/aromatic N) is 2. The van der Waals surface area contributed by atoms with E-state index in [-0.39, 0.29) is 10.7 Å². The lowest BCUT2D eigenvalue weighted by atomic mass is 10.4. The molecule has 0 saturated heterocycles. The molecule has 0 spiro atoms. The minimum Gasteiger partial charge on any atom is -0.296 e. The van der Waals surface area contributed by atoms with Crippen LogP contribution in [0.4, 0.5) is 0 Å². The molecule has 0 bridgehead atoms. The van der Waals surface area contributed by atoms with Crippen LogP contribution in [0.5, 0.6) is 0 Å². The van der Waals surface area contributed by atoms with Crippen LogP contribution in [0.1, 0.15) is 10.5 Å². The van der Waals surface area contributed by atoms with E-state index in [1.165, 1.54) is 18.0 Å². The Morgan fingerprint density at radius 3 is 3.00 bits per heavy atom. The Morgan fingerprint density at radius 2 is 2.45 bits per heavy atom. The summed E-state index contributed by atoms with van der Waals surface area (Å²) in [4.78, 5) is 18.0. The molecule has 0 amide bonds.